The van der Waals surface area contributed by atoms with Crippen LogP contribution in [0.15, 0.2) is 28.5 Å². The van der Waals surface area contributed by atoms with Crippen molar-refractivity contribution in [2.45, 2.75) is 11.1 Å². The number of hydrogen-bond acceptors (Lipinski definition) is 3. The summed E-state index contributed by atoms with van der Waals surface area (Å²) in [5.74, 6) is 0. The molecule has 14 heavy (non-hydrogen) atoms. The SMILES string of the molecule is Cc1c(S(=O)(=O)O)sc2ccccc12. The van der Waals surface area contributed by atoms with Crippen molar-refractivity contribution in [3.63, 3.8) is 0 Å². The zero-order valence-electron chi connectivity index (χ0n) is 7.39. The number of rotatable bonds is 1. The Morgan fingerprint density at radius 3 is 2.50 bits per heavy atom. The Morgan fingerprint density at radius 2 is 1.93 bits per heavy atom. The van der Waals surface area contributed by atoms with E-state index in [1.165, 1.54) is 0 Å². The molecule has 0 atom stereocenters. The summed E-state index contributed by atoms with van der Waals surface area (Å²) in [6.45, 7) is 1.70. The fourth-order valence-electron chi connectivity index (χ4n) is 1.40. The zero-order chi connectivity index (χ0) is 10.3. The largest absolute Gasteiger partial charge is 0.304 e. The van der Waals surface area contributed by atoms with Gasteiger partial charge in [-0.1, -0.05) is 18.2 Å². The van der Waals surface area contributed by atoms with Gasteiger partial charge < -0.3 is 0 Å². The summed E-state index contributed by atoms with van der Waals surface area (Å²) in [5.41, 5.74) is 0.619. The molecule has 0 radical (unpaired) electrons. The van der Waals surface area contributed by atoms with E-state index in [-0.39, 0.29) is 4.21 Å². The average molecular weight is 228 g/mol. The van der Waals surface area contributed by atoms with E-state index in [4.69, 9.17) is 4.55 Å². The lowest BCUT2D eigenvalue weighted by Gasteiger charge is -1.92. The molecular weight excluding hydrogens is 220 g/mol. The minimum absolute atomic E-state index is 0.0405. The minimum Gasteiger partial charge on any atom is -0.281 e. The molecule has 0 unspecified atom stereocenters. The summed E-state index contributed by atoms with van der Waals surface area (Å²) in [6, 6.07) is 7.36. The van der Waals surface area contributed by atoms with Gasteiger partial charge in [-0.15, -0.1) is 11.3 Å². The van der Waals surface area contributed by atoms with Crippen molar-refractivity contribution in [2.75, 3.05) is 0 Å². The van der Waals surface area contributed by atoms with E-state index >= 15 is 0 Å². The van der Waals surface area contributed by atoms with Crippen molar-refractivity contribution in [1.82, 2.24) is 0 Å². The Labute approximate surface area is 85.7 Å². The van der Waals surface area contributed by atoms with Crippen molar-refractivity contribution >= 4 is 31.5 Å². The molecule has 0 aliphatic heterocycles. The molecule has 1 heterocycles. The highest BCUT2D eigenvalue weighted by Crippen LogP contribution is 2.33. The molecule has 74 valence electrons. The maximum absolute atomic E-state index is 11.0. The maximum Gasteiger partial charge on any atom is 0.304 e. The van der Waals surface area contributed by atoms with Gasteiger partial charge in [0.2, 0.25) is 0 Å². The summed E-state index contributed by atoms with van der Waals surface area (Å²) >= 11 is 1.09. The van der Waals surface area contributed by atoms with Crippen LogP contribution in [0, 0.1) is 6.92 Å². The van der Waals surface area contributed by atoms with Crippen LogP contribution >= 0.6 is 11.3 Å². The third kappa shape index (κ3) is 1.43. The van der Waals surface area contributed by atoms with Crippen LogP contribution < -0.4 is 0 Å². The smallest absolute Gasteiger partial charge is 0.281 e. The van der Waals surface area contributed by atoms with Crippen LogP contribution in [-0.2, 0) is 10.1 Å². The van der Waals surface area contributed by atoms with Crippen molar-refractivity contribution in [2.24, 2.45) is 0 Å². The summed E-state index contributed by atoms with van der Waals surface area (Å²) in [4.78, 5) is 0. The van der Waals surface area contributed by atoms with Gasteiger partial charge in [0.05, 0.1) is 0 Å². The molecular formula is C9H8O3S2. The molecule has 1 aromatic carbocycles. The molecule has 0 amide bonds. The van der Waals surface area contributed by atoms with Crippen LogP contribution in [-0.4, -0.2) is 13.0 Å². The van der Waals surface area contributed by atoms with Gasteiger partial charge in [0.1, 0.15) is 0 Å². The van der Waals surface area contributed by atoms with E-state index in [0.29, 0.717) is 5.56 Å². The van der Waals surface area contributed by atoms with E-state index in [1.807, 2.05) is 24.3 Å². The predicted molar refractivity (Wildman–Crippen MR) is 56.4 cm³/mol. The van der Waals surface area contributed by atoms with Gasteiger partial charge in [-0.05, 0) is 23.9 Å². The first-order valence-electron chi connectivity index (χ1n) is 3.96. The number of aryl methyl sites for hydroxylation is 1. The number of hydrogen-bond donors (Lipinski definition) is 1. The first-order chi connectivity index (χ1) is 6.50. The number of thiophene rings is 1. The summed E-state index contributed by atoms with van der Waals surface area (Å²) < 4.78 is 31.8. The standard InChI is InChI=1S/C9H8O3S2/c1-6-7-4-2-3-5-8(7)13-9(6)14(10,11)12/h2-5H,1H3,(H,10,11,12). The molecule has 2 rings (SSSR count). The zero-order valence-corrected chi connectivity index (χ0v) is 9.02. The molecule has 3 nitrogen and oxygen atoms in total. The number of benzene rings is 1. The fourth-order valence-corrected chi connectivity index (χ4v) is 3.53. The highest BCUT2D eigenvalue weighted by Gasteiger charge is 2.18. The first kappa shape index (κ1) is 9.64. The Morgan fingerprint density at radius 1 is 1.29 bits per heavy atom. The molecule has 0 fully saturated rings. The van der Waals surface area contributed by atoms with Crippen LogP contribution in [0.3, 0.4) is 0 Å². The predicted octanol–water partition coefficient (Wildman–Crippen LogP) is 2.46. The van der Waals surface area contributed by atoms with E-state index in [0.717, 1.165) is 21.4 Å². The summed E-state index contributed by atoms with van der Waals surface area (Å²) in [5, 5.41) is 0.880. The van der Waals surface area contributed by atoms with Gasteiger partial charge in [0.25, 0.3) is 0 Å². The molecule has 1 N–H and O–H groups in total. The van der Waals surface area contributed by atoms with Gasteiger partial charge >= 0.3 is 10.1 Å². The van der Waals surface area contributed by atoms with E-state index in [9.17, 15) is 8.42 Å². The monoisotopic (exact) mass is 228 g/mol. The Bertz CT molecular complexity index is 581. The van der Waals surface area contributed by atoms with Gasteiger partial charge in [0.15, 0.2) is 4.21 Å². The first-order valence-corrected chi connectivity index (χ1v) is 6.21. The Kier molecular flexibility index (Phi) is 2.10. The van der Waals surface area contributed by atoms with Crippen LogP contribution in [0.1, 0.15) is 5.56 Å². The van der Waals surface area contributed by atoms with Gasteiger partial charge in [-0.3, -0.25) is 4.55 Å². The molecule has 0 saturated heterocycles. The van der Waals surface area contributed by atoms with Crippen molar-refractivity contribution in [3.8, 4) is 0 Å². The molecule has 0 aliphatic carbocycles. The van der Waals surface area contributed by atoms with Crippen molar-refractivity contribution in [3.05, 3.63) is 29.8 Å². The highest BCUT2D eigenvalue weighted by atomic mass is 32.3. The van der Waals surface area contributed by atoms with E-state index in [2.05, 4.69) is 0 Å². The summed E-state index contributed by atoms with van der Waals surface area (Å²) in [7, 11) is -4.08. The fraction of sp³-hybridized carbons (Fsp3) is 0.111. The normalized spacial score (nSPS) is 12.1. The van der Waals surface area contributed by atoms with Crippen LogP contribution in [0.5, 0.6) is 0 Å². The second-order valence-electron chi connectivity index (χ2n) is 2.99. The molecule has 0 bridgehead atoms. The Hall–Kier alpha value is -0.910. The molecule has 2 aromatic rings. The summed E-state index contributed by atoms with van der Waals surface area (Å²) in [6.07, 6.45) is 0. The molecule has 0 aliphatic rings. The van der Waals surface area contributed by atoms with E-state index < -0.39 is 10.1 Å². The second-order valence-corrected chi connectivity index (χ2v) is 5.65. The highest BCUT2D eigenvalue weighted by molar-refractivity contribution is 7.88. The van der Waals surface area contributed by atoms with Crippen molar-refractivity contribution in [1.29, 1.82) is 0 Å². The van der Waals surface area contributed by atoms with Gasteiger partial charge in [0, 0.05) is 4.70 Å². The third-order valence-corrected chi connectivity index (χ3v) is 4.76. The van der Waals surface area contributed by atoms with Gasteiger partial charge in [-0.25, -0.2) is 0 Å². The van der Waals surface area contributed by atoms with Crippen LogP contribution in [0.4, 0.5) is 0 Å². The number of fused-ring (bicyclic) bond motifs is 1. The Balaban J connectivity index is 2.89. The van der Waals surface area contributed by atoms with Gasteiger partial charge in [-0.2, -0.15) is 8.42 Å². The topological polar surface area (TPSA) is 54.4 Å². The van der Waals surface area contributed by atoms with Crippen molar-refractivity contribution < 1.29 is 13.0 Å². The van der Waals surface area contributed by atoms with Crippen LogP contribution in [0.2, 0.25) is 0 Å². The molecule has 5 heteroatoms. The van der Waals surface area contributed by atoms with E-state index in [1.54, 1.807) is 6.92 Å². The minimum atomic E-state index is -4.08. The quantitative estimate of drug-likeness (QED) is 0.763. The lowest BCUT2D eigenvalue weighted by molar-refractivity contribution is 0.485. The second kappa shape index (κ2) is 3.05. The average Bonchev–Trinajstić information content (AvgIpc) is 2.44. The third-order valence-electron chi connectivity index (χ3n) is 2.03. The molecule has 0 saturated carbocycles. The maximum atomic E-state index is 11.0. The molecule has 0 spiro atoms. The molecule has 1 aromatic heterocycles. The lowest BCUT2D eigenvalue weighted by Crippen LogP contribution is -1.96. The van der Waals surface area contributed by atoms with Crippen LogP contribution in [0.25, 0.3) is 10.1 Å². The lowest BCUT2D eigenvalue weighted by atomic mass is 10.2.